The van der Waals surface area contributed by atoms with Gasteiger partial charge in [0.1, 0.15) is 11.9 Å². The fourth-order valence-electron chi connectivity index (χ4n) is 2.20. The van der Waals surface area contributed by atoms with Gasteiger partial charge in [0.05, 0.1) is 11.7 Å². The second-order valence-electron chi connectivity index (χ2n) is 4.42. The van der Waals surface area contributed by atoms with E-state index in [1.165, 1.54) is 6.07 Å². The lowest BCUT2D eigenvalue weighted by Crippen LogP contribution is -2.37. The standard InChI is InChI=1S/C13H15FN2O/c14-13-10(7-15)3-1-4-11(13)8-16-6-2-5-12(17)9-16/h1,3-4,12,17H,2,5-6,8-9H2. The zero-order valence-electron chi connectivity index (χ0n) is 9.56. The van der Waals surface area contributed by atoms with E-state index in [-0.39, 0.29) is 11.7 Å². The van der Waals surface area contributed by atoms with Crippen molar-refractivity contribution in [3.8, 4) is 6.07 Å². The minimum Gasteiger partial charge on any atom is -0.392 e. The van der Waals surface area contributed by atoms with Crippen molar-refractivity contribution in [3.63, 3.8) is 0 Å². The average molecular weight is 234 g/mol. The average Bonchev–Trinajstić information content (AvgIpc) is 2.32. The van der Waals surface area contributed by atoms with Crippen LogP contribution in [0.1, 0.15) is 24.0 Å². The summed E-state index contributed by atoms with van der Waals surface area (Å²) in [6.07, 6.45) is 1.43. The molecule has 1 heterocycles. The van der Waals surface area contributed by atoms with Gasteiger partial charge in [0, 0.05) is 18.7 Å². The molecule has 0 saturated carbocycles. The smallest absolute Gasteiger partial charge is 0.145 e. The molecule has 90 valence electrons. The minimum atomic E-state index is -0.435. The van der Waals surface area contributed by atoms with E-state index >= 15 is 0 Å². The number of hydrogen-bond acceptors (Lipinski definition) is 3. The molecule has 1 saturated heterocycles. The number of nitrogens with zero attached hydrogens (tertiary/aromatic N) is 2. The molecule has 4 heteroatoms. The van der Waals surface area contributed by atoms with Gasteiger partial charge in [-0.05, 0) is 25.5 Å². The van der Waals surface area contributed by atoms with E-state index in [0.717, 1.165) is 19.4 Å². The Balaban J connectivity index is 2.11. The maximum absolute atomic E-state index is 13.8. The molecule has 1 atom stereocenters. The fraction of sp³-hybridized carbons (Fsp3) is 0.462. The summed E-state index contributed by atoms with van der Waals surface area (Å²) in [5, 5.41) is 18.3. The summed E-state index contributed by atoms with van der Waals surface area (Å²) in [4.78, 5) is 2.02. The summed E-state index contributed by atoms with van der Waals surface area (Å²) in [5.41, 5.74) is 0.609. The number of nitriles is 1. The summed E-state index contributed by atoms with van der Waals surface area (Å²) in [6, 6.07) is 6.70. The first-order valence-corrected chi connectivity index (χ1v) is 5.78. The Hall–Kier alpha value is -1.44. The molecule has 0 spiro atoms. The molecule has 0 amide bonds. The van der Waals surface area contributed by atoms with Crippen LogP contribution in [0.4, 0.5) is 4.39 Å². The summed E-state index contributed by atoms with van der Waals surface area (Å²) < 4.78 is 13.8. The maximum atomic E-state index is 13.8. The predicted octanol–water partition coefficient (Wildman–Crippen LogP) is 1.65. The molecule has 0 aliphatic carbocycles. The van der Waals surface area contributed by atoms with Crippen LogP contribution in [0.15, 0.2) is 18.2 Å². The molecule has 2 rings (SSSR count). The molecule has 17 heavy (non-hydrogen) atoms. The van der Waals surface area contributed by atoms with Crippen molar-refractivity contribution < 1.29 is 9.50 Å². The molecule has 1 aliphatic heterocycles. The second kappa shape index (κ2) is 5.26. The van der Waals surface area contributed by atoms with E-state index in [1.54, 1.807) is 12.1 Å². The number of aliphatic hydroxyl groups is 1. The van der Waals surface area contributed by atoms with E-state index < -0.39 is 5.82 Å². The van der Waals surface area contributed by atoms with Crippen LogP contribution in [-0.2, 0) is 6.54 Å². The van der Waals surface area contributed by atoms with E-state index in [9.17, 15) is 9.50 Å². The van der Waals surface area contributed by atoms with Crippen molar-refractivity contribution in [2.45, 2.75) is 25.5 Å². The molecule has 0 bridgehead atoms. The Labute approximate surface area is 100 Å². The molecular weight excluding hydrogens is 219 g/mol. The first-order chi connectivity index (χ1) is 8.20. The van der Waals surface area contributed by atoms with Crippen LogP contribution in [0.25, 0.3) is 0 Å². The first kappa shape index (κ1) is 12.0. The third-order valence-electron chi connectivity index (χ3n) is 3.07. The molecule has 0 radical (unpaired) electrons. The number of aliphatic hydroxyl groups excluding tert-OH is 1. The van der Waals surface area contributed by atoms with Crippen LogP contribution < -0.4 is 0 Å². The SMILES string of the molecule is N#Cc1cccc(CN2CCCC(O)C2)c1F. The van der Waals surface area contributed by atoms with Gasteiger partial charge < -0.3 is 5.11 Å². The zero-order chi connectivity index (χ0) is 12.3. The number of hydrogen-bond donors (Lipinski definition) is 1. The van der Waals surface area contributed by atoms with Crippen molar-refractivity contribution in [1.82, 2.24) is 4.90 Å². The highest BCUT2D eigenvalue weighted by Crippen LogP contribution is 2.17. The molecule has 1 aromatic rings. The molecule has 0 aromatic heterocycles. The van der Waals surface area contributed by atoms with Gasteiger partial charge in [-0.3, -0.25) is 4.90 Å². The first-order valence-electron chi connectivity index (χ1n) is 5.78. The van der Waals surface area contributed by atoms with E-state index in [0.29, 0.717) is 18.7 Å². The van der Waals surface area contributed by atoms with Gasteiger partial charge in [0.25, 0.3) is 0 Å². The summed E-state index contributed by atoms with van der Waals surface area (Å²) >= 11 is 0. The lowest BCUT2D eigenvalue weighted by atomic mass is 10.1. The number of piperidine rings is 1. The van der Waals surface area contributed by atoms with E-state index in [4.69, 9.17) is 5.26 Å². The zero-order valence-corrected chi connectivity index (χ0v) is 9.56. The predicted molar refractivity (Wildman–Crippen MR) is 61.6 cm³/mol. The fourth-order valence-corrected chi connectivity index (χ4v) is 2.20. The molecule has 1 unspecified atom stereocenters. The highest BCUT2D eigenvalue weighted by atomic mass is 19.1. The van der Waals surface area contributed by atoms with Gasteiger partial charge in [0.15, 0.2) is 0 Å². The largest absolute Gasteiger partial charge is 0.392 e. The van der Waals surface area contributed by atoms with Crippen molar-refractivity contribution in [1.29, 1.82) is 5.26 Å². The van der Waals surface area contributed by atoms with Crippen LogP contribution in [0.3, 0.4) is 0 Å². The van der Waals surface area contributed by atoms with Crippen molar-refractivity contribution in [2.75, 3.05) is 13.1 Å². The van der Waals surface area contributed by atoms with Crippen LogP contribution in [0.2, 0.25) is 0 Å². The molecule has 1 N–H and O–H groups in total. The number of benzene rings is 1. The molecule has 1 aliphatic rings. The van der Waals surface area contributed by atoms with Gasteiger partial charge in [-0.2, -0.15) is 5.26 Å². The summed E-state index contributed by atoms with van der Waals surface area (Å²) in [5.74, 6) is -0.435. The summed E-state index contributed by atoms with van der Waals surface area (Å²) in [6.45, 7) is 1.90. The Morgan fingerprint density at radius 2 is 2.35 bits per heavy atom. The Morgan fingerprint density at radius 3 is 3.06 bits per heavy atom. The van der Waals surface area contributed by atoms with Gasteiger partial charge in [-0.25, -0.2) is 4.39 Å². The number of halogens is 1. The topological polar surface area (TPSA) is 47.3 Å². The molecule has 1 fully saturated rings. The van der Waals surface area contributed by atoms with Crippen LogP contribution in [0.5, 0.6) is 0 Å². The van der Waals surface area contributed by atoms with Crippen LogP contribution >= 0.6 is 0 Å². The second-order valence-corrected chi connectivity index (χ2v) is 4.42. The Kier molecular flexibility index (Phi) is 3.72. The van der Waals surface area contributed by atoms with Crippen molar-refractivity contribution in [2.24, 2.45) is 0 Å². The summed E-state index contributed by atoms with van der Waals surface area (Å²) in [7, 11) is 0. The number of likely N-dealkylation sites (tertiary alicyclic amines) is 1. The maximum Gasteiger partial charge on any atom is 0.145 e. The lowest BCUT2D eigenvalue weighted by molar-refractivity contribution is 0.0662. The molecular formula is C13H15FN2O. The van der Waals surface area contributed by atoms with Crippen LogP contribution in [-0.4, -0.2) is 29.2 Å². The Morgan fingerprint density at radius 1 is 1.53 bits per heavy atom. The third-order valence-corrected chi connectivity index (χ3v) is 3.07. The van der Waals surface area contributed by atoms with Crippen molar-refractivity contribution >= 4 is 0 Å². The van der Waals surface area contributed by atoms with E-state index in [1.807, 2.05) is 11.0 Å². The Bertz CT molecular complexity index is 442. The van der Waals surface area contributed by atoms with Gasteiger partial charge in [-0.15, -0.1) is 0 Å². The van der Waals surface area contributed by atoms with Gasteiger partial charge in [0.2, 0.25) is 0 Å². The van der Waals surface area contributed by atoms with Crippen LogP contribution in [0, 0.1) is 17.1 Å². The highest BCUT2D eigenvalue weighted by Gasteiger charge is 2.19. The molecule has 1 aromatic carbocycles. The van der Waals surface area contributed by atoms with Gasteiger partial charge >= 0.3 is 0 Å². The highest BCUT2D eigenvalue weighted by molar-refractivity contribution is 5.34. The lowest BCUT2D eigenvalue weighted by Gasteiger charge is -2.30. The monoisotopic (exact) mass is 234 g/mol. The molecule has 3 nitrogen and oxygen atoms in total. The quantitative estimate of drug-likeness (QED) is 0.846. The van der Waals surface area contributed by atoms with Crippen molar-refractivity contribution in [3.05, 3.63) is 35.1 Å². The van der Waals surface area contributed by atoms with Gasteiger partial charge in [-0.1, -0.05) is 12.1 Å². The number of β-amino-alcohol motifs (C(OH)–C–C–N with tert-alkyl or cyclic N) is 1. The minimum absolute atomic E-state index is 0.0834. The van der Waals surface area contributed by atoms with E-state index in [2.05, 4.69) is 0 Å². The normalized spacial score (nSPS) is 21.1. The number of rotatable bonds is 2. The third kappa shape index (κ3) is 2.82.